The van der Waals surface area contributed by atoms with Gasteiger partial charge in [-0.25, -0.2) is 4.39 Å². The van der Waals surface area contributed by atoms with Gasteiger partial charge in [-0.05, 0) is 19.1 Å². The fraction of sp³-hybridized carbons (Fsp3) is 0.222. The molecule has 1 aromatic rings. The van der Waals surface area contributed by atoms with Gasteiger partial charge in [0.2, 0.25) is 0 Å². The Kier molecular flexibility index (Phi) is 2.65. The van der Waals surface area contributed by atoms with Crippen LogP contribution >= 0.6 is 0 Å². The molecule has 0 fully saturated rings. The lowest BCUT2D eigenvalue weighted by Gasteiger charge is -2.04. The van der Waals surface area contributed by atoms with Gasteiger partial charge in [-0.2, -0.15) is 5.26 Å². The fourth-order valence-corrected chi connectivity index (χ4v) is 0.888. The molecule has 12 heavy (non-hydrogen) atoms. The van der Waals surface area contributed by atoms with Gasteiger partial charge >= 0.3 is 0 Å². The molecule has 3 heteroatoms. The Morgan fingerprint density at radius 3 is 2.92 bits per heavy atom. The zero-order chi connectivity index (χ0) is 8.97. The van der Waals surface area contributed by atoms with E-state index in [2.05, 4.69) is 0 Å². The minimum Gasteiger partial charge on any atom is -0.489 e. The van der Waals surface area contributed by atoms with Crippen molar-refractivity contribution in [2.24, 2.45) is 0 Å². The first-order chi connectivity index (χ1) is 5.79. The van der Waals surface area contributed by atoms with Crippen molar-refractivity contribution in [2.45, 2.75) is 6.92 Å². The summed E-state index contributed by atoms with van der Waals surface area (Å²) in [6, 6.07) is 6.13. The monoisotopic (exact) mass is 165 g/mol. The highest BCUT2D eigenvalue weighted by molar-refractivity contribution is 5.43. The predicted molar refractivity (Wildman–Crippen MR) is 42.3 cm³/mol. The van der Waals surface area contributed by atoms with Crippen LogP contribution < -0.4 is 4.74 Å². The quantitative estimate of drug-likeness (QED) is 0.672. The Hall–Kier alpha value is -1.56. The van der Waals surface area contributed by atoms with Crippen LogP contribution in [0.15, 0.2) is 18.2 Å². The van der Waals surface area contributed by atoms with E-state index in [1.165, 1.54) is 18.2 Å². The molecule has 2 nitrogen and oxygen atoms in total. The van der Waals surface area contributed by atoms with Crippen LogP contribution in [0.4, 0.5) is 4.39 Å². The molecule has 0 saturated carbocycles. The summed E-state index contributed by atoms with van der Waals surface area (Å²) in [7, 11) is 0. The van der Waals surface area contributed by atoms with E-state index in [4.69, 9.17) is 10.00 Å². The number of halogens is 1. The van der Waals surface area contributed by atoms with Crippen molar-refractivity contribution in [2.75, 3.05) is 6.61 Å². The fourth-order valence-electron chi connectivity index (χ4n) is 0.888. The van der Waals surface area contributed by atoms with Gasteiger partial charge in [-0.1, -0.05) is 6.07 Å². The second-order valence-corrected chi connectivity index (χ2v) is 2.16. The lowest BCUT2D eigenvalue weighted by molar-refractivity contribution is 0.320. The summed E-state index contributed by atoms with van der Waals surface area (Å²) < 4.78 is 17.9. The van der Waals surface area contributed by atoms with E-state index in [1.807, 2.05) is 6.07 Å². The van der Waals surface area contributed by atoms with Gasteiger partial charge in [0, 0.05) is 0 Å². The van der Waals surface area contributed by atoms with Crippen LogP contribution in [-0.2, 0) is 0 Å². The SMILES string of the molecule is CCOc1c(F)cccc1C#N. The molecule has 0 aliphatic heterocycles. The van der Waals surface area contributed by atoms with Crippen LogP contribution in [0.1, 0.15) is 12.5 Å². The van der Waals surface area contributed by atoms with E-state index in [-0.39, 0.29) is 11.3 Å². The molecular formula is C9H8FNO. The molecular weight excluding hydrogens is 157 g/mol. The van der Waals surface area contributed by atoms with Crippen LogP contribution in [0.25, 0.3) is 0 Å². The number of nitriles is 1. The van der Waals surface area contributed by atoms with Gasteiger partial charge in [0.15, 0.2) is 11.6 Å². The predicted octanol–water partition coefficient (Wildman–Crippen LogP) is 2.10. The summed E-state index contributed by atoms with van der Waals surface area (Å²) in [5.74, 6) is -0.446. The van der Waals surface area contributed by atoms with E-state index in [1.54, 1.807) is 6.92 Å². The zero-order valence-corrected chi connectivity index (χ0v) is 6.67. The van der Waals surface area contributed by atoms with Crippen LogP contribution in [-0.4, -0.2) is 6.61 Å². The number of rotatable bonds is 2. The van der Waals surface area contributed by atoms with Gasteiger partial charge in [0.1, 0.15) is 6.07 Å². The number of nitrogens with zero attached hydrogens (tertiary/aromatic N) is 1. The van der Waals surface area contributed by atoms with Crippen LogP contribution in [0, 0.1) is 17.1 Å². The van der Waals surface area contributed by atoms with Crippen molar-refractivity contribution in [1.82, 2.24) is 0 Å². The maximum absolute atomic E-state index is 12.9. The summed E-state index contributed by atoms with van der Waals surface area (Å²) in [4.78, 5) is 0. The van der Waals surface area contributed by atoms with E-state index in [0.29, 0.717) is 6.61 Å². The number of para-hydroxylation sites is 1. The third-order valence-corrected chi connectivity index (χ3v) is 1.38. The highest BCUT2D eigenvalue weighted by Crippen LogP contribution is 2.21. The van der Waals surface area contributed by atoms with Crippen LogP contribution in [0.3, 0.4) is 0 Å². The molecule has 62 valence electrons. The lowest BCUT2D eigenvalue weighted by Crippen LogP contribution is -1.96. The van der Waals surface area contributed by atoms with E-state index >= 15 is 0 Å². The zero-order valence-electron chi connectivity index (χ0n) is 6.67. The third-order valence-electron chi connectivity index (χ3n) is 1.38. The standard InChI is InChI=1S/C9H8FNO/c1-2-12-9-7(6-11)4-3-5-8(9)10/h3-5H,2H2,1H3. The van der Waals surface area contributed by atoms with Crippen molar-refractivity contribution >= 4 is 0 Å². The van der Waals surface area contributed by atoms with E-state index in [9.17, 15) is 4.39 Å². The summed E-state index contributed by atoms with van der Waals surface area (Å²) in [5.41, 5.74) is 0.233. The molecule has 0 aliphatic carbocycles. The topological polar surface area (TPSA) is 33.0 Å². The maximum Gasteiger partial charge on any atom is 0.172 e. The van der Waals surface area contributed by atoms with E-state index < -0.39 is 5.82 Å². The molecule has 0 unspecified atom stereocenters. The van der Waals surface area contributed by atoms with Gasteiger partial charge in [-0.15, -0.1) is 0 Å². The molecule has 0 N–H and O–H groups in total. The van der Waals surface area contributed by atoms with Crippen molar-refractivity contribution in [3.63, 3.8) is 0 Å². The van der Waals surface area contributed by atoms with E-state index in [0.717, 1.165) is 0 Å². The maximum atomic E-state index is 12.9. The van der Waals surface area contributed by atoms with Crippen molar-refractivity contribution in [1.29, 1.82) is 5.26 Å². The highest BCUT2D eigenvalue weighted by atomic mass is 19.1. The summed E-state index contributed by atoms with van der Waals surface area (Å²) in [5, 5.41) is 8.57. The Morgan fingerprint density at radius 1 is 1.58 bits per heavy atom. The molecule has 0 bridgehead atoms. The van der Waals surface area contributed by atoms with Crippen molar-refractivity contribution < 1.29 is 9.13 Å². The van der Waals surface area contributed by atoms with Gasteiger partial charge < -0.3 is 4.74 Å². The molecule has 0 saturated heterocycles. The summed E-state index contributed by atoms with van der Waals surface area (Å²) in [6.45, 7) is 2.10. The Morgan fingerprint density at radius 2 is 2.33 bits per heavy atom. The first-order valence-corrected chi connectivity index (χ1v) is 3.61. The van der Waals surface area contributed by atoms with Gasteiger partial charge in [0.25, 0.3) is 0 Å². The van der Waals surface area contributed by atoms with Crippen LogP contribution in [0.2, 0.25) is 0 Å². The Balaban J connectivity index is 3.13. The largest absolute Gasteiger partial charge is 0.489 e. The smallest absolute Gasteiger partial charge is 0.172 e. The number of hydrogen-bond acceptors (Lipinski definition) is 2. The molecule has 0 atom stereocenters. The molecule has 0 heterocycles. The van der Waals surface area contributed by atoms with Crippen molar-refractivity contribution in [3.05, 3.63) is 29.6 Å². The normalized spacial score (nSPS) is 9.08. The highest BCUT2D eigenvalue weighted by Gasteiger charge is 2.07. The number of benzene rings is 1. The molecule has 0 radical (unpaired) electrons. The third kappa shape index (κ3) is 1.54. The second kappa shape index (κ2) is 3.72. The first kappa shape index (κ1) is 8.54. The van der Waals surface area contributed by atoms with Gasteiger partial charge in [-0.3, -0.25) is 0 Å². The minimum atomic E-state index is -0.490. The van der Waals surface area contributed by atoms with Crippen LogP contribution in [0.5, 0.6) is 5.75 Å². The molecule has 0 aliphatic rings. The minimum absolute atomic E-state index is 0.0440. The average Bonchev–Trinajstić information content (AvgIpc) is 2.09. The number of hydrogen-bond donors (Lipinski definition) is 0. The first-order valence-electron chi connectivity index (χ1n) is 3.61. The molecule has 1 rings (SSSR count). The average molecular weight is 165 g/mol. The molecule has 1 aromatic carbocycles. The number of ether oxygens (including phenoxy) is 1. The van der Waals surface area contributed by atoms with Gasteiger partial charge in [0.05, 0.1) is 12.2 Å². The van der Waals surface area contributed by atoms with Crippen molar-refractivity contribution in [3.8, 4) is 11.8 Å². The Bertz CT molecular complexity index is 317. The summed E-state index contributed by atoms with van der Waals surface area (Å²) in [6.07, 6.45) is 0. The molecule has 0 spiro atoms. The second-order valence-electron chi connectivity index (χ2n) is 2.16. The molecule has 0 amide bonds. The molecule has 0 aromatic heterocycles. The summed E-state index contributed by atoms with van der Waals surface area (Å²) >= 11 is 0. The lowest BCUT2D eigenvalue weighted by atomic mass is 10.2. The Labute approximate surface area is 70.2 Å².